The summed E-state index contributed by atoms with van der Waals surface area (Å²) in [5, 5.41) is 0. The van der Waals surface area contributed by atoms with Gasteiger partial charge in [0.25, 0.3) is 0 Å². The van der Waals surface area contributed by atoms with E-state index in [0.29, 0.717) is 0 Å². The van der Waals surface area contributed by atoms with Crippen LogP contribution in [-0.2, 0) is 0 Å². The third-order valence-electron chi connectivity index (χ3n) is 1.73. The van der Waals surface area contributed by atoms with E-state index in [0.717, 1.165) is 12.0 Å². The maximum atomic E-state index is 12.6. The van der Waals surface area contributed by atoms with Gasteiger partial charge in [0, 0.05) is 0 Å². The first-order valence-electron chi connectivity index (χ1n) is 4.40. The van der Waals surface area contributed by atoms with Gasteiger partial charge in [-0.15, -0.1) is 0 Å². The maximum absolute atomic E-state index is 12.6. The molecule has 0 amide bonds. The van der Waals surface area contributed by atoms with Crippen LogP contribution < -0.4 is 0 Å². The summed E-state index contributed by atoms with van der Waals surface area (Å²) in [5.41, 5.74) is 2.28. The lowest BCUT2D eigenvalue weighted by Gasteiger charge is -1.95. The third kappa shape index (κ3) is 3.51. The van der Waals surface area contributed by atoms with Crippen LogP contribution >= 0.6 is 0 Å². The Bertz CT molecular complexity index is 219. The number of hydrogen-bond acceptors (Lipinski definition) is 0. The van der Waals surface area contributed by atoms with Crippen molar-refractivity contribution in [2.24, 2.45) is 0 Å². The molecule has 68 valence electrons. The molecule has 0 unspecified atom stereocenters. The molecule has 0 heterocycles. The van der Waals surface area contributed by atoms with Crippen molar-refractivity contribution in [1.82, 2.24) is 0 Å². The Balaban J connectivity index is 0.000000561. The highest BCUT2D eigenvalue weighted by molar-refractivity contribution is 5.32. The lowest BCUT2D eigenvalue weighted by atomic mass is 10.1. The van der Waals surface area contributed by atoms with E-state index in [2.05, 4.69) is 0 Å². The smallest absolute Gasteiger partial charge is 0.123 e. The molecule has 0 bridgehead atoms. The first kappa shape index (κ1) is 11.2. The van der Waals surface area contributed by atoms with Crippen LogP contribution in [0.1, 0.15) is 34.1 Å². The summed E-state index contributed by atoms with van der Waals surface area (Å²) in [6.07, 6.45) is 5.80. The lowest BCUT2D eigenvalue weighted by molar-refractivity contribution is 0.666. The van der Waals surface area contributed by atoms with Gasteiger partial charge in [0.15, 0.2) is 0 Å². The molecule has 0 N–H and O–H groups in total. The summed E-state index contributed by atoms with van der Waals surface area (Å²) in [4.78, 5) is 0. The standard InChI is InChI=1S/C9H11F.C2H6/c1-7-4-3-5-9(10)6-8(7)2;1-2/h3,5-6H,4H2,1-2H3;1-2H3. The molecule has 0 radical (unpaired) electrons. The van der Waals surface area contributed by atoms with Gasteiger partial charge in [-0.05, 0) is 38.0 Å². The molecular formula is C11H17F. The van der Waals surface area contributed by atoms with Crippen LogP contribution in [0.2, 0.25) is 0 Å². The predicted octanol–water partition coefficient (Wildman–Crippen LogP) is 4.16. The number of halogens is 1. The highest BCUT2D eigenvalue weighted by atomic mass is 19.1. The SMILES string of the molecule is CC.CC1=C(C)CC=CC(F)=C1. The summed E-state index contributed by atoms with van der Waals surface area (Å²) in [6.45, 7) is 7.96. The van der Waals surface area contributed by atoms with E-state index < -0.39 is 0 Å². The van der Waals surface area contributed by atoms with Gasteiger partial charge in [-0.3, -0.25) is 0 Å². The second kappa shape index (κ2) is 5.76. The first-order chi connectivity index (χ1) is 5.70. The molecular weight excluding hydrogens is 151 g/mol. The minimum atomic E-state index is -0.144. The number of hydrogen-bond donors (Lipinski definition) is 0. The molecule has 0 saturated carbocycles. The summed E-state index contributed by atoms with van der Waals surface area (Å²) >= 11 is 0. The average molecular weight is 168 g/mol. The Morgan fingerprint density at radius 2 is 1.83 bits per heavy atom. The van der Waals surface area contributed by atoms with Gasteiger partial charge < -0.3 is 0 Å². The van der Waals surface area contributed by atoms with Crippen LogP contribution in [0.3, 0.4) is 0 Å². The molecule has 0 saturated heterocycles. The molecule has 1 aliphatic carbocycles. The Labute approximate surface area is 74.5 Å². The number of allylic oxidation sites excluding steroid dienone is 6. The fourth-order valence-corrected chi connectivity index (χ4v) is 0.887. The van der Waals surface area contributed by atoms with Crippen molar-refractivity contribution < 1.29 is 4.39 Å². The van der Waals surface area contributed by atoms with E-state index >= 15 is 0 Å². The van der Waals surface area contributed by atoms with E-state index in [1.165, 1.54) is 11.6 Å². The molecule has 1 heteroatoms. The van der Waals surface area contributed by atoms with E-state index in [1.807, 2.05) is 33.8 Å². The maximum Gasteiger partial charge on any atom is 0.123 e. The first-order valence-corrected chi connectivity index (χ1v) is 4.40. The normalized spacial score (nSPS) is 16.2. The van der Waals surface area contributed by atoms with Gasteiger partial charge in [0.05, 0.1) is 0 Å². The minimum Gasteiger partial charge on any atom is -0.207 e. The van der Waals surface area contributed by atoms with Gasteiger partial charge in [-0.25, -0.2) is 4.39 Å². The van der Waals surface area contributed by atoms with Crippen molar-refractivity contribution in [2.45, 2.75) is 34.1 Å². The Morgan fingerprint density at radius 3 is 2.42 bits per heavy atom. The fraction of sp³-hybridized carbons (Fsp3) is 0.455. The van der Waals surface area contributed by atoms with Gasteiger partial charge in [0.1, 0.15) is 5.83 Å². The highest BCUT2D eigenvalue weighted by Crippen LogP contribution is 2.17. The van der Waals surface area contributed by atoms with E-state index in [1.54, 1.807) is 6.08 Å². The van der Waals surface area contributed by atoms with Crippen LogP contribution in [0, 0.1) is 0 Å². The zero-order chi connectivity index (χ0) is 9.56. The highest BCUT2D eigenvalue weighted by Gasteiger charge is 1.98. The predicted molar refractivity (Wildman–Crippen MR) is 52.7 cm³/mol. The molecule has 1 aliphatic rings. The average Bonchev–Trinajstić information content (AvgIpc) is 2.19. The van der Waals surface area contributed by atoms with E-state index in [9.17, 15) is 4.39 Å². The summed E-state index contributed by atoms with van der Waals surface area (Å²) in [7, 11) is 0. The lowest BCUT2D eigenvalue weighted by Crippen LogP contribution is -1.76. The third-order valence-corrected chi connectivity index (χ3v) is 1.73. The Morgan fingerprint density at radius 1 is 1.25 bits per heavy atom. The molecule has 0 aromatic rings. The van der Waals surface area contributed by atoms with Crippen molar-refractivity contribution in [1.29, 1.82) is 0 Å². The molecule has 12 heavy (non-hydrogen) atoms. The summed E-state index contributed by atoms with van der Waals surface area (Å²) < 4.78 is 12.6. The van der Waals surface area contributed by atoms with Crippen LogP contribution in [0.4, 0.5) is 4.39 Å². The molecule has 0 aromatic heterocycles. The van der Waals surface area contributed by atoms with Crippen molar-refractivity contribution in [3.63, 3.8) is 0 Å². The zero-order valence-electron chi connectivity index (χ0n) is 8.32. The second-order valence-electron chi connectivity index (χ2n) is 2.60. The van der Waals surface area contributed by atoms with Gasteiger partial charge >= 0.3 is 0 Å². The van der Waals surface area contributed by atoms with Crippen molar-refractivity contribution in [3.05, 3.63) is 35.2 Å². The topological polar surface area (TPSA) is 0 Å². The van der Waals surface area contributed by atoms with Crippen molar-refractivity contribution >= 4 is 0 Å². The van der Waals surface area contributed by atoms with E-state index in [-0.39, 0.29) is 5.83 Å². The van der Waals surface area contributed by atoms with Gasteiger partial charge in [0.2, 0.25) is 0 Å². The van der Waals surface area contributed by atoms with Crippen LogP contribution in [0.5, 0.6) is 0 Å². The van der Waals surface area contributed by atoms with Gasteiger partial charge in [-0.2, -0.15) is 0 Å². The Kier molecular flexibility index (Phi) is 5.35. The molecule has 0 aromatic carbocycles. The molecule has 0 spiro atoms. The Hall–Kier alpha value is -0.850. The van der Waals surface area contributed by atoms with Crippen LogP contribution in [0.25, 0.3) is 0 Å². The molecule has 0 fully saturated rings. The largest absolute Gasteiger partial charge is 0.207 e. The summed E-state index contributed by atoms with van der Waals surface area (Å²) in [6, 6.07) is 0. The van der Waals surface area contributed by atoms with Crippen LogP contribution in [-0.4, -0.2) is 0 Å². The number of rotatable bonds is 0. The fourth-order valence-electron chi connectivity index (χ4n) is 0.887. The van der Waals surface area contributed by atoms with Gasteiger partial charge in [-0.1, -0.05) is 25.5 Å². The second-order valence-corrected chi connectivity index (χ2v) is 2.60. The monoisotopic (exact) mass is 168 g/mol. The molecule has 0 aliphatic heterocycles. The zero-order valence-corrected chi connectivity index (χ0v) is 8.32. The quantitative estimate of drug-likeness (QED) is 0.509. The summed E-state index contributed by atoms with van der Waals surface area (Å²) in [5.74, 6) is -0.144. The van der Waals surface area contributed by atoms with Crippen molar-refractivity contribution in [3.8, 4) is 0 Å². The molecule has 0 atom stereocenters. The van der Waals surface area contributed by atoms with E-state index in [4.69, 9.17) is 0 Å². The van der Waals surface area contributed by atoms with Crippen molar-refractivity contribution in [2.75, 3.05) is 0 Å². The molecule has 0 nitrogen and oxygen atoms in total. The minimum absolute atomic E-state index is 0.144. The molecule has 1 rings (SSSR count). The van der Waals surface area contributed by atoms with Crippen LogP contribution in [0.15, 0.2) is 35.2 Å².